The van der Waals surface area contributed by atoms with Gasteiger partial charge in [0.25, 0.3) is 0 Å². The van der Waals surface area contributed by atoms with Gasteiger partial charge < -0.3 is 19.1 Å². The smallest absolute Gasteiger partial charge is 0.333 e. The number of alkyl halides is 1. The summed E-state index contributed by atoms with van der Waals surface area (Å²) in [5, 5.41) is -1.05. The number of amides is 1. The minimum Gasteiger partial charge on any atom is -0.449 e. The van der Waals surface area contributed by atoms with E-state index in [1.54, 1.807) is 0 Å². The second-order valence-electron chi connectivity index (χ2n) is 7.19. The van der Waals surface area contributed by atoms with E-state index in [9.17, 15) is 27.6 Å². The molecule has 2 aliphatic heterocycles. The maximum Gasteiger partial charge on any atom is 0.333 e. The van der Waals surface area contributed by atoms with Gasteiger partial charge in [0.2, 0.25) is 12.7 Å². The fourth-order valence-electron chi connectivity index (χ4n) is 2.92. The largest absolute Gasteiger partial charge is 0.449 e. The Morgan fingerprint density at radius 2 is 1.74 bits per heavy atom. The number of fused-ring (bicyclic) bond motifs is 1. The zero-order valence-electron chi connectivity index (χ0n) is 15.2. The normalized spacial score (nSPS) is 25.2. The Bertz CT molecular complexity index is 789. The molecular formula is C15H20ClNO9S. The topological polar surface area (TPSA) is 133 Å². The molecule has 0 unspecified atom stereocenters. The van der Waals surface area contributed by atoms with Crippen molar-refractivity contribution in [3.05, 3.63) is 0 Å². The zero-order chi connectivity index (χ0) is 20.8. The molecule has 2 saturated heterocycles. The van der Waals surface area contributed by atoms with Crippen LogP contribution in [-0.2, 0) is 43.2 Å². The first-order valence-corrected chi connectivity index (χ1v) is 10.00. The molecule has 0 N–H and O–H groups in total. The third kappa shape index (κ3) is 3.27. The molecule has 1 amide bonds. The van der Waals surface area contributed by atoms with Gasteiger partial charge in [-0.15, -0.1) is 0 Å². The standard InChI is InChI=1S/C15H20ClNO9S/c1-14(2,12(20)24-6-16)13(21)26-7-25-11(19)10-15(3,4)27(22,23)9-5-8(18)17(9)10/h9-10H,5-7H2,1-4H3/t9-,10+/m1/s1. The van der Waals surface area contributed by atoms with E-state index >= 15 is 0 Å². The Morgan fingerprint density at radius 1 is 1.19 bits per heavy atom. The van der Waals surface area contributed by atoms with Crippen molar-refractivity contribution in [3.63, 3.8) is 0 Å². The quantitative estimate of drug-likeness (QED) is 0.188. The molecule has 2 atom stereocenters. The van der Waals surface area contributed by atoms with Gasteiger partial charge in [-0.3, -0.25) is 14.4 Å². The molecular weight excluding hydrogens is 406 g/mol. The van der Waals surface area contributed by atoms with Crippen LogP contribution < -0.4 is 0 Å². The van der Waals surface area contributed by atoms with Gasteiger partial charge in [-0.05, 0) is 27.7 Å². The molecule has 12 heteroatoms. The van der Waals surface area contributed by atoms with Crippen molar-refractivity contribution in [2.45, 2.75) is 50.3 Å². The summed E-state index contributed by atoms with van der Waals surface area (Å²) in [4.78, 5) is 48.7. The third-order valence-electron chi connectivity index (χ3n) is 4.80. The van der Waals surface area contributed by atoms with E-state index in [-0.39, 0.29) is 6.42 Å². The summed E-state index contributed by atoms with van der Waals surface area (Å²) in [5.41, 5.74) is -1.68. The fraction of sp³-hybridized carbons (Fsp3) is 0.733. The lowest BCUT2D eigenvalue weighted by atomic mass is 9.94. The molecule has 0 aromatic rings. The van der Waals surface area contributed by atoms with E-state index in [4.69, 9.17) is 21.1 Å². The van der Waals surface area contributed by atoms with Crippen molar-refractivity contribution in [1.29, 1.82) is 0 Å². The highest BCUT2D eigenvalue weighted by molar-refractivity contribution is 7.93. The van der Waals surface area contributed by atoms with Crippen LogP contribution in [0.5, 0.6) is 0 Å². The lowest BCUT2D eigenvalue weighted by Crippen LogP contribution is -2.57. The first-order chi connectivity index (χ1) is 12.3. The van der Waals surface area contributed by atoms with Crippen molar-refractivity contribution in [2.24, 2.45) is 5.41 Å². The first-order valence-electron chi connectivity index (χ1n) is 7.91. The summed E-state index contributed by atoms with van der Waals surface area (Å²) in [7, 11) is -3.75. The number of ether oxygens (including phenoxy) is 3. The molecule has 2 fully saturated rings. The molecule has 0 radical (unpaired) electrons. The Kier molecular flexibility index (Phi) is 5.50. The highest BCUT2D eigenvalue weighted by Crippen LogP contribution is 2.46. The van der Waals surface area contributed by atoms with Crippen LogP contribution in [0.3, 0.4) is 0 Å². The summed E-state index contributed by atoms with van der Waals surface area (Å²) >= 11 is 5.27. The second-order valence-corrected chi connectivity index (χ2v) is 10.1. The van der Waals surface area contributed by atoms with E-state index < -0.39 is 68.1 Å². The number of rotatable bonds is 6. The average molecular weight is 426 g/mol. The lowest BCUT2D eigenvalue weighted by Gasteiger charge is -2.36. The summed E-state index contributed by atoms with van der Waals surface area (Å²) < 4.78 is 37.5. The molecule has 0 aliphatic carbocycles. The molecule has 0 bridgehead atoms. The van der Waals surface area contributed by atoms with Gasteiger partial charge in [-0.1, -0.05) is 11.6 Å². The Labute approximate surface area is 161 Å². The van der Waals surface area contributed by atoms with Crippen LogP contribution in [0.1, 0.15) is 34.1 Å². The van der Waals surface area contributed by atoms with Crippen molar-refractivity contribution in [3.8, 4) is 0 Å². The number of sulfone groups is 1. The van der Waals surface area contributed by atoms with E-state index in [0.717, 1.165) is 4.90 Å². The molecule has 0 spiro atoms. The predicted octanol–water partition coefficient (Wildman–Crippen LogP) is -0.0700. The van der Waals surface area contributed by atoms with Crippen LogP contribution in [0, 0.1) is 5.41 Å². The van der Waals surface area contributed by atoms with Gasteiger partial charge in [-0.2, -0.15) is 0 Å². The van der Waals surface area contributed by atoms with Gasteiger partial charge in [0.15, 0.2) is 21.3 Å². The molecule has 152 valence electrons. The van der Waals surface area contributed by atoms with Gasteiger partial charge >= 0.3 is 17.9 Å². The number of esters is 3. The predicted molar refractivity (Wildman–Crippen MR) is 89.7 cm³/mol. The fourth-order valence-corrected chi connectivity index (χ4v) is 5.14. The van der Waals surface area contributed by atoms with E-state index in [1.165, 1.54) is 27.7 Å². The highest BCUT2D eigenvalue weighted by atomic mass is 35.5. The molecule has 0 aromatic heterocycles. The molecule has 2 aliphatic rings. The number of halogens is 1. The summed E-state index contributed by atoms with van der Waals surface area (Å²) in [5.74, 6) is -3.45. The summed E-state index contributed by atoms with van der Waals surface area (Å²) in [6.07, 6.45) is -0.179. The van der Waals surface area contributed by atoms with E-state index in [1.807, 2.05) is 0 Å². The number of β-lactam (4-membered cyclic amide) rings is 1. The van der Waals surface area contributed by atoms with Gasteiger partial charge in [0.05, 0.1) is 11.2 Å². The zero-order valence-corrected chi connectivity index (χ0v) is 16.8. The van der Waals surface area contributed by atoms with Crippen molar-refractivity contribution < 1.29 is 41.8 Å². The van der Waals surface area contributed by atoms with Crippen LogP contribution in [0.2, 0.25) is 0 Å². The maximum atomic E-state index is 12.4. The van der Waals surface area contributed by atoms with Crippen LogP contribution in [0.4, 0.5) is 0 Å². The van der Waals surface area contributed by atoms with Crippen LogP contribution in [-0.4, -0.2) is 66.2 Å². The molecule has 0 aromatic carbocycles. The average Bonchev–Trinajstić information content (AvgIpc) is 2.68. The monoisotopic (exact) mass is 425 g/mol. The molecule has 27 heavy (non-hydrogen) atoms. The number of carbonyl (C=O) groups excluding carboxylic acids is 4. The molecule has 10 nitrogen and oxygen atoms in total. The Balaban J connectivity index is 2.01. The minimum absolute atomic E-state index is 0.179. The second kappa shape index (κ2) is 6.93. The number of carbonyl (C=O) groups is 4. The molecule has 0 saturated carbocycles. The van der Waals surface area contributed by atoms with Crippen LogP contribution in [0.15, 0.2) is 0 Å². The summed E-state index contributed by atoms with van der Waals surface area (Å²) in [6.45, 7) is 4.28. The van der Waals surface area contributed by atoms with Crippen LogP contribution in [0.25, 0.3) is 0 Å². The van der Waals surface area contributed by atoms with Crippen LogP contribution >= 0.6 is 11.6 Å². The van der Waals surface area contributed by atoms with Gasteiger partial charge in [0, 0.05) is 0 Å². The number of hydrogen-bond acceptors (Lipinski definition) is 9. The molecule has 2 heterocycles. The van der Waals surface area contributed by atoms with E-state index in [0.29, 0.717) is 0 Å². The Hall–Kier alpha value is -1.88. The number of hydrogen-bond donors (Lipinski definition) is 0. The summed E-state index contributed by atoms with van der Waals surface area (Å²) in [6, 6.07) is -1.79. The van der Waals surface area contributed by atoms with Gasteiger partial charge in [-0.25, -0.2) is 13.2 Å². The minimum atomic E-state index is -3.75. The Morgan fingerprint density at radius 3 is 2.26 bits per heavy atom. The maximum absolute atomic E-state index is 12.4. The van der Waals surface area contributed by atoms with Crippen molar-refractivity contribution in [2.75, 3.05) is 12.9 Å². The third-order valence-corrected chi connectivity index (χ3v) is 7.71. The molecule has 2 rings (SSSR count). The van der Waals surface area contributed by atoms with E-state index in [2.05, 4.69) is 4.74 Å². The first kappa shape index (κ1) is 21.4. The number of nitrogens with zero attached hydrogens (tertiary/aromatic N) is 1. The highest BCUT2D eigenvalue weighted by Gasteiger charge is 2.68. The van der Waals surface area contributed by atoms with Crippen molar-refractivity contribution in [1.82, 2.24) is 4.90 Å². The SMILES string of the molecule is CC(C)(C(=O)OCCl)C(=O)OCOC(=O)[C@@H]1N2C(=O)C[C@H]2S(=O)(=O)C1(C)C. The van der Waals surface area contributed by atoms with Gasteiger partial charge in [0.1, 0.15) is 11.4 Å². The van der Waals surface area contributed by atoms with Crippen molar-refractivity contribution >= 4 is 45.3 Å². The lowest BCUT2D eigenvalue weighted by molar-refractivity contribution is -0.183.